The summed E-state index contributed by atoms with van der Waals surface area (Å²) in [4.78, 5) is 39.5. The van der Waals surface area contributed by atoms with Gasteiger partial charge in [0.2, 0.25) is 5.91 Å². The van der Waals surface area contributed by atoms with Crippen LogP contribution in [-0.4, -0.2) is 33.0 Å². The molecule has 0 aliphatic heterocycles. The van der Waals surface area contributed by atoms with E-state index in [-0.39, 0.29) is 18.0 Å². The third kappa shape index (κ3) is 3.61. The van der Waals surface area contributed by atoms with E-state index in [0.29, 0.717) is 35.8 Å². The number of hydrogen-bond donors (Lipinski definition) is 0. The molecule has 2 rings (SSSR count). The lowest BCUT2D eigenvalue weighted by Gasteiger charge is -2.20. The Morgan fingerprint density at radius 3 is 2.46 bits per heavy atom. The summed E-state index contributed by atoms with van der Waals surface area (Å²) in [5, 5.41) is 1.79. The fourth-order valence-electron chi connectivity index (χ4n) is 2.68. The van der Waals surface area contributed by atoms with Crippen LogP contribution >= 0.6 is 11.3 Å². The predicted molar refractivity (Wildman–Crippen MR) is 97.7 cm³/mol. The van der Waals surface area contributed by atoms with Gasteiger partial charge in [0.25, 0.3) is 5.56 Å². The van der Waals surface area contributed by atoms with Crippen molar-refractivity contribution in [1.29, 1.82) is 0 Å². The van der Waals surface area contributed by atoms with Crippen LogP contribution in [0.25, 0.3) is 10.2 Å². The maximum Gasteiger partial charge on any atom is 0.332 e. The number of nitrogens with zero attached hydrogens (tertiary/aromatic N) is 3. The molecule has 0 unspecified atom stereocenters. The highest BCUT2D eigenvalue weighted by Gasteiger charge is 2.18. The molecule has 7 heteroatoms. The van der Waals surface area contributed by atoms with E-state index >= 15 is 0 Å². The fourth-order valence-corrected chi connectivity index (χ4v) is 3.53. The monoisotopic (exact) mass is 351 g/mol. The first kappa shape index (κ1) is 18.4. The van der Waals surface area contributed by atoms with Crippen molar-refractivity contribution in [3.63, 3.8) is 0 Å². The van der Waals surface area contributed by atoms with Crippen molar-refractivity contribution >= 4 is 27.5 Å². The van der Waals surface area contributed by atoms with Crippen LogP contribution in [0.1, 0.15) is 34.1 Å². The van der Waals surface area contributed by atoms with Crippen LogP contribution < -0.4 is 11.2 Å². The molecule has 6 nitrogen and oxygen atoms in total. The summed E-state index contributed by atoms with van der Waals surface area (Å²) < 4.78 is 3.24. The molecule has 0 fully saturated rings. The first-order chi connectivity index (χ1) is 11.4. The summed E-state index contributed by atoms with van der Waals surface area (Å²) in [5.41, 5.74) is -0.0967. The maximum absolute atomic E-state index is 12.8. The lowest BCUT2D eigenvalue weighted by Crippen LogP contribution is -2.43. The summed E-state index contributed by atoms with van der Waals surface area (Å²) in [7, 11) is 0. The zero-order valence-corrected chi connectivity index (χ0v) is 15.6. The van der Waals surface area contributed by atoms with Crippen molar-refractivity contribution in [2.75, 3.05) is 13.1 Å². The molecular formula is C17H25N3O3S. The normalized spacial score (nSPS) is 11.4. The molecule has 2 aromatic heterocycles. The maximum atomic E-state index is 12.8. The van der Waals surface area contributed by atoms with Gasteiger partial charge in [0, 0.05) is 19.6 Å². The first-order valence-corrected chi connectivity index (χ1v) is 9.27. The van der Waals surface area contributed by atoms with Gasteiger partial charge in [-0.05, 0) is 37.6 Å². The van der Waals surface area contributed by atoms with Crippen molar-refractivity contribution in [3.8, 4) is 0 Å². The Morgan fingerprint density at radius 1 is 1.21 bits per heavy atom. The minimum Gasteiger partial charge on any atom is -0.342 e. The van der Waals surface area contributed by atoms with Crippen LogP contribution in [0, 0.1) is 5.92 Å². The Hall–Kier alpha value is -1.89. The van der Waals surface area contributed by atoms with Crippen molar-refractivity contribution in [3.05, 3.63) is 32.3 Å². The number of likely N-dealkylation sites (N-methyl/N-ethyl adjacent to an activating group) is 1. The zero-order valence-electron chi connectivity index (χ0n) is 14.7. The van der Waals surface area contributed by atoms with E-state index in [1.165, 1.54) is 20.5 Å². The molecule has 0 spiro atoms. The van der Waals surface area contributed by atoms with Gasteiger partial charge in [-0.3, -0.25) is 18.7 Å². The van der Waals surface area contributed by atoms with Gasteiger partial charge >= 0.3 is 5.69 Å². The van der Waals surface area contributed by atoms with Gasteiger partial charge < -0.3 is 4.90 Å². The van der Waals surface area contributed by atoms with E-state index in [4.69, 9.17) is 0 Å². The van der Waals surface area contributed by atoms with Gasteiger partial charge in [0.15, 0.2) is 0 Å². The highest BCUT2D eigenvalue weighted by molar-refractivity contribution is 7.17. The number of hydrogen-bond acceptors (Lipinski definition) is 4. The van der Waals surface area contributed by atoms with Crippen molar-refractivity contribution in [1.82, 2.24) is 14.0 Å². The van der Waals surface area contributed by atoms with Crippen LogP contribution in [0.4, 0.5) is 0 Å². The number of carbonyl (C=O) groups is 1. The smallest absolute Gasteiger partial charge is 0.332 e. The van der Waals surface area contributed by atoms with Crippen molar-refractivity contribution < 1.29 is 4.79 Å². The highest BCUT2D eigenvalue weighted by Crippen LogP contribution is 2.15. The standard InChI is InChI=1S/C17H25N3O3S/c1-5-18(6-2)14(21)11-20-13-8-10-24-15(13)16(22)19(17(20)23)9-7-12(3)4/h8,10,12H,5-7,9,11H2,1-4H3. The number of carbonyl (C=O) groups excluding carboxylic acids is 1. The van der Waals surface area contributed by atoms with Gasteiger partial charge in [-0.15, -0.1) is 11.3 Å². The average Bonchev–Trinajstić information content (AvgIpc) is 3.02. The van der Waals surface area contributed by atoms with Crippen molar-refractivity contribution in [2.24, 2.45) is 5.92 Å². The minimum atomic E-state index is -0.396. The molecule has 24 heavy (non-hydrogen) atoms. The Bertz CT molecular complexity index is 828. The number of rotatable bonds is 7. The van der Waals surface area contributed by atoms with Gasteiger partial charge in [0.1, 0.15) is 11.2 Å². The summed E-state index contributed by atoms with van der Waals surface area (Å²) in [6, 6.07) is 1.74. The molecule has 0 bridgehead atoms. The average molecular weight is 351 g/mol. The van der Waals surface area contributed by atoms with Crippen LogP contribution in [0.15, 0.2) is 21.0 Å². The quantitative estimate of drug-likeness (QED) is 0.768. The summed E-state index contributed by atoms with van der Waals surface area (Å²) in [6.07, 6.45) is 0.746. The van der Waals surface area contributed by atoms with E-state index in [1.807, 2.05) is 13.8 Å². The molecule has 0 atom stereocenters. The van der Waals surface area contributed by atoms with E-state index in [2.05, 4.69) is 13.8 Å². The Balaban J connectivity index is 2.52. The molecule has 0 saturated heterocycles. The van der Waals surface area contributed by atoms with Crippen LogP contribution in [0.3, 0.4) is 0 Å². The molecule has 0 aliphatic rings. The van der Waals surface area contributed by atoms with E-state index < -0.39 is 5.69 Å². The Kier molecular flexibility index (Phi) is 5.99. The lowest BCUT2D eigenvalue weighted by atomic mass is 10.1. The van der Waals surface area contributed by atoms with Gasteiger partial charge in [0.05, 0.1) is 5.52 Å². The SMILES string of the molecule is CCN(CC)C(=O)Cn1c(=O)n(CCC(C)C)c(=O)c2sccc21. The van der Waals surface area contributed by atoms with Gasteiger partial charge in [-0.2, -0.15) is 0 Å². The molecule has 0 saturated carbocycles. The first-order valence-electron chi connectivity index (χ1n) is 8.39. The van der Waals surface area contributed by atoms with Crippen LogP contribution in [-0.2, 0) is 17.9 Å². The third-order valence-electron chi connectivity index (χ3n) is 4.18. The number of fused-ring (bicyclic) bond motifs is 1. The zero-order chi connectivity index (χ0) is 17.9. The second-order valence-corrected chi connectivity index (χ2v) is 7.13. The lowest BCUT2D eigenvalue weighted by molar-refractivity contribution is -0.131. The second-order valence-electron chi connectivity index (χ2n) is 6.21. The molecule has 0 aliphatic carbocycles. The molecule has 0 N–H and O–H groups in total. The summed E-state index contributed by atoms with van der Waals surface area (Å²) in [6.45, 7) is 9.47. The Morgan fingerprint density at radius 2 is 1.88 bits per heavy atom. The summed E-state index contributed by atoms with van der Waals surface area (Å²) in [5.74, 6) is 0.282. The summed E-state index contributed by atoms with van der Waals surface area (Å²) >= 11 is 1.31. The Labute approximate surface area is 145 Å². The number of thiophene rings is 1. The van der Waals surface area contributed by atoms with E-state index in [9.17, 15) is 14.4 Å². The van der Waals surface area contributed by atoms with Gasteiger partial charge in [-0.25, -0.2) is 4.79 Å². The predicted octanol–water partition coefficient (Wildman–Crippen LogP) is 2.14. The molecular weight excluding hydrogens is 326 g/mol. The topological polar surface area (TPSA) is 64.3 Å². The van der Waals surface area contributed by atoms with Crippen LogP contribution in [0.2, 0.25) is 0 Å². The fraction of sp³-hybridized carbons (Fsp3) is 0.588. The second kappa shape index (κ2) is 7.79. The highest BCUT2D eigenvalue weighted by atomic mass is 32.1. The van der Waals surface area contributed by atoms with Gasteiger partial charge in [-0.1, -0.05) is 13.8 Å². The molecule has 0 radical (unpaired) electrons. The molecule has 2 aromatic rings. The number of aromatic nitrogens is 2. The number of amides is 1. The molecule has 1 amide bonds. The van der Waals surface area contributed by atoms with E-state index in [1.54, 1.807) is 16.3 Å². The van der Waals surface area contributed by atoms with E-state index in [0.717, 1.165) is 6.42 Å². The third-order valence-corrected chi connectivity index (χ3v) is 5.07. The van der Waals surface area contributed by atoms with Crippen molar-refractivity contribution in [2.45, 2.75) is 47.2 Å². The molecule has 0 aromatic carbocycles. The molecule has 2 heterocycles. The largest absolute Gasteiger partial charge is 0.342 e. The minimum absolute atomic E-state index is 0.0320. The van der Waals surface area contributed by atoms with Crippen LogP contribution in [0.5, 0.6) is 0 Å². The molecule has 132 valence electrons.